The summed E-state index contributed by atoms with van der Waals surface area (Å²) in [6.45, 7) is 10.1. The molecular formula is C17H28IN3. The highest BCUT2D eigenvalue weighted by Gasteiger charge is 2.29. The van der Waals surface area contributed by atoms with Gasteiger partial charge >= 0.3 is 0 Å². The van der Waals surface area contributed by atoms with E-state index in [0.29, 0.717) is 11.3 Å². The molecule has 118 valence electrons. The van der Waals surface area contributed by atoms with Crippen molar-refractivity contribution < 1.29 is 0 Å². The van der Waals surface area contributed by atoms with Gasteiger partial charge in [0, 0.05) is 12.5 Å². The number of hydrogen-bond donors (Lipinski definition) is 1. The van der Waals surface area contributed by atoms with E-state index in [-0.39, 0.29) is 0 Å². The third kappa shape index (κ3) is 4.30. The zero-order chi connectivity index (χ0) is 15.5. The van der Waals surface area contributed by atoms with Gasteiger partial charge in [-0.25, -0.2) is 9.97 Å². The minimum absolute atomic E-state index is 0.497. The number of anilines is 1. The minimum Gasteiger partial charge on any atom is -0.369 e. The maximum atomic E-state index is 4.87. The summed E-state index contributed by atoms with van der Waals surface area (Å²) in [6, 6.07) is 0. The van der Waals surface area contributed by atoms with Crippen LogP contribution in [0.2, 0.25) is 0 Å². The van der Waals surface area contributed by atoms with Gasteiger partial charge in [-0.05, 0) is 66.5 Å². The van der Waals surface area contributed by atoms with Gasteiger partial charge in [0.05, 0.1) is 9.26 Å². The van der Waals surface area contributed by atoms with Crippen LogP contribution in [0.15, 0.2) is 0 Å². The molecular weight excluding hydrogens is 373 g/mol. The van der Waals surface area contributed by atoms with Crippen molar-refractivity contribution in [1.29, 1.82) is 0 Å². The molecule has 1 heterocycles. The predicted molar refractivity (Wildman–Crippen MR) is 97.9 cm³/mol. The molecule has 1 saturated carbocycles. The van der Waals surface area contributed by atoms with E-state index in [1.54, 1.807) is 0 Å². The molecule has 21 heavy (non-hydrogen) atoms. The molecule has 0 aliphatic heterocycles. The molecule has 0 atom stereocenters. The smallest absolute Gasteiger partial charge is 0.143 e. The van der Waals surface area contributed by atoms with E-state index >= 15 is 0 Å². The van der Waals surface area contributed by atoms with Gasteiger partial charge in [0.25, 0.3) is 0 Å². The van der Waals surface area contributed by atoms with E-state index < -0.39 is 0 Å². The Morgan fingerprint density at radius 2 is 1.86 bits per heavy atom. The number of halogens is 1. The Hall–Kier alpha value is -0.390. The van der Waals surface area contributed by atoms with Crippen LogP contribution in [-0.2, 0) is 6.42 Å². The lowest BCUT2D eigenvalue weighted by Gasteiger charge is -2.33. The molecule has 0 saturated heterocycles. The molecule has 3 nitrogen and oxygen atoms in total. The highest BCUT2D eigenvalue weighted by Crippen LogP contribution is 2.41. The summed E-state index contributed by atoms with van der Waals surface area (Å²) in [5.41, 5.74) is 1.69. The van der Waals surface area contributed by atoms with Crippen molar-refractivity contribution in [2.45, 2.75) is 72.1 Å². The summed E-state index contributed by atoms with van der Waals surface area (Å²) in [5.74, 6) is 2.66. The number of aromatic nitrogens is 2. The van der Waals surface area contributed by atoms with Crippen molar-refractivity contribution in [3.63, 3.8) is 0 Å². The summed E-state index contributed by atoms with van der Waals surface area (Å²) < 4.78 is 1.20. The molecule has 1 aliphatic carbocycles. The maximum Gasteiger partial charge on any atom is 0.143 e. The Morgan fingerprint density at radius 3 is 2.43 bits per heavy atom. The lowest BCUT2D eigenvalue weighted by Crippen LogP contribution is -2.22. The number of hydrogen-bond acceptors (Lipinski definition) is 3. The van der Waals surface area contributed by atoms with Crippen LogP contribution >= 0.6 is 22.6 Å². The Labute approximate surface area is 142 Å². The maximum absolute atomic E-state index is 4.87. The van der Waals surface area contributed by atoms with Crippen LogP contribution in [0, 0.1) is 8.99 Å². The van der Waals surface area contributed by atoms with Crippen LogP contribution in [-0.4, -0.2) is 16.5 Å². The molecule has 2 rings (SSSR count). The minimum atomic E-state index is 0.497. The van der Waals surface area contributed by atoms with Gasteiger partial charge in [-0.2, -0.15) is 0 Å². The van der Waals surface area contributed by atoms with Crippen LogP contribution in [0.1, 0.15) is 77.2 Å². The van der Waals surface area contributed by atoms with Crippen LogP contribution in [0.3, 0.4) is 0 Å². The number of nitrogens with zero attached hydrogens (tertiary/aromatic N) is 2. The SMILES string of the molecule is CCCNc1nc(C2CCC(C)(C)CC2)nc(CC)c1I. The second-order valence-corrected chi connectivity index (χ2v) is 7.99. The van der Waals surface area contributed by atoms with Crippen molar-refractivity contribution >= 4 is 28.4 Å². The van der Waals surface area contributed by atoms with Gasteiger partial charge in [0.1, 0.15) is 11.6 Å². The number of nitrogens with one attached hydrogen (secondary N) is 1. The largest absolute Gasteiger partial charge is 0.369 e. The molecule has 0 aromatic carbocycles. The van der Waals surface area contributed by atoms with Crippen molar-refractivity contribution in [1.82, 2.24) is 9.97 Å². The van der Waals surface area contributed by atoms with E-state index in [9.17, 15) is 0 Å². The average molecular weight is 401 g/mol. The van der Waals surface area contributed by atoms with Gasteiger partial charge in [-0.15, -0.1) is 0 Å². The van der Waals surface area contributed by atoms with E-state index in [4.69, 9.17) is 9.97 Å². The second-order valence-electron chi connectivity index (χ2n) is 6.91. The van der Waals surface area contributed by atoms with Crippen LogP contribution in [0.5, 0.6) is 0 Å². The Balaban J connectivity index is 2.23. The van der Waals surface area contributed by atoms with Crippen LogP contribution in [0.4, 0.5) is 5.82 Å². The summed E-state index contributed by atoms with van der Waals surface area (Å²) in [6.07, 6.45) is 7.12. The number of rotatable bonds is 5. The topological polar surface area (TPSA) is 37.8 Å². The van der Waals surface area contributed by atoms with Gasteiger partial charge in [-0.1, -0.05) is 27.7 Å². The lowest BCUT2D eigenvalue weighted by atomic mass is 9.73. The zero-order valence-electron chi connectivity index (χ0n) is 13.8. The summed E-state index contributed by atoms with van der Waals surface area (Å²) >= 11 is 2.39. The van der Waals surface area contributed by atoms with E-state index in [1.807, 2.05) is 0 Å². The van der Waals surface area contributed by atoms with E-state index in [0.717, 1.165) is 31.0 Å². The van der Waals surface area contributed by atoms with Gasteiger partial charge < -0.3 is 5.32 Å². The first kappa shape index (κ1) is 17.0. The molecule has 1 aliphatic rings. The lowest BCUT2D eigenvalue weighted by molar-refractivity contribution is 0.220. The van der Waals surface area contributed by atoms with Crippen LogP contribution in [0.25, 0.3) is 0 Å². The van der Waals surface area contributed by atoms with E-state index in [2.05, 4.69) is 55.6 Å². The van der Waals surface area contributed by atoms with Crippen molar-refractivity contribution in [3.05, 3.63) is 15.1 Å². The molecule has 1 N–H and O–H groups in total. The molecule has 1 aromatic heterocycles. The fourth-order valence-corrected chi connectivity index (χ4v) is 3.76. The average Bonchev–Trinajstić information content (AvgIpc) is 2.46. The van der Waals surface area contributed by atoms with Gasteiger partial charge in [-0.3, -0.25) is 0 Å². The van der Waals surface area contributed by atoms with Crippen molar-refractivity contribution in [2.75, 3.05) is 11.9 Å². The predicted octanol–water partition coefficient (Wildman–Crippen LogP) is 5.15. The quantitative estimate of drug-likeness (QED) is 0.694. The first-order valence-electron chi connectivity index (χ1n) is 8.27. The second kappa shape index (κ2) is 7.25. The molecule has 0 unspecified atom stereocenters. The standard InChI is InChI=1S/C17H28IN3/c1-5-11-19-16-14(18)13(6-2)20-15(21-16)12-7-9-17(3,4)10-8-12/h12H,5-11H2,1-4H3,(H,19,20,21). The Kier molecular flexibility index (Phi) is 5.86. The number of aryl methyl sites for hydroxylation is 1. The van der Waals surface area contributed by atoms with Gasteiger partial charge in [0.15, 0.2) is 0 Å². The monoisotopic (exact) mass is 401 g/mol. The van der Waals surface area contributed by atoms with E-state index in [1.165, 1.54) is 34.9 Å². The van der Waals surface area contributed by atoms with Crippen molar-refractivity contribution in [2.24, 2.45) is 5.41 Å². The molecule has 0 radical (unpaired) electrons. The normalized spacial score (nSPS) is 18.7. The zero-order valence-corrected chi connectivity index (χ0v) is 16.0. The first-order chi connectivity index (χ1) is 9.96. The first-order valence-corrected chi connectivity index (χ1v) is 9.35. The summed E-state index contributed by atoms with van der Waals surface area (Å²) in [4.78, 5) is 9.73. The molecule has 0 amide bonds. The molecule has 1 aromatic rings. The summed E-state index contributed by atoms with van der Waals surface area (Å²) in [7, 11) is 0. The summed E-state index contributed by atoms with van der Waals surface area (Å²) in [5, 5.41) is 3.47. The molecule has 4 heteroatoms. The van der Waals surface area contributed by atoms with Gasteiger partial charge in [0.2, 0.25) is 0 Å². The molecule has 0 bridgehead atoms. The molecule has 0 spiro atoms. The fourth-order valence-electron chi connectivity index (χ4n) is 2.95. The Morgan fingerprint density at radius 1 is 1.19 bits per heavy atom. The highest BCUT2D eigenvalue weighted by molar-refractivity contribution is 14.1. The van der Waals surface area contributed by atoms with Crippen LogP contribution < -0.4 is 5.32 Å². The Bertz CT molecular complexity index is 475. The third-order valence-corrected chi connectivity index (χ3v) is 5.65. The third-order valence-electron chi connectivity index (χ3n) is 4.52. The van der Waals surface area contributed by atoms with Crippen molar-refractivity contribution in [3.8, 4) is 0 Å². The molecule has 1 fully saturated rings. The fraction of sp³-hybridized carbons (Fsp3) is 0.765. The highest BCUT2D eigenvalue weighted by atomic mass is 127.